The predicted molar refractivity (Wildman–Crippen MR) is 89.8 cm³/mol. The van der Waals surface area contributed by atoms with Crippen LogP contribution in [0, 0.1) is 5.41 Å². The minimum atomic E-state index is -0.0869. The summed E-state index contributed by atoms with van der Waals surface area (Å²) in [6, 6.07) is 7.60. The van der Waals surface area contributed by atoms with Gasteiger partial charge >= 0.3 is 0 Å². The molecule has 1 aromatic rings. The topological polar surface area (TPSA) is 53.0 Å². The average Bonchev–Trinajstić information content (AvgIpc) is 2.96. The van der Waals surface area contributed by atoms with Crippen molar-refractivity contribution in [2.24, 2.45) is 5.41 Å². The summed E-state index contributed by atoms with van der Waals surface area (Å²) in [7, 11) is 1.63. The van der Waals surface area contributed by atoms with Crippen LogP contribution in [0.5, 0.6) is 5.75 Å². The number of amides is 1. The highest BCUT2D eigenvalue weighted by Gasteiger charge is 2.41. The van der Waals surface area contributed by atoms with E-state index in [4.69, 9.17) is 4.74 Å². The smallest absolute Gasteiger partial charge is 0.244 e. The minimum absolute atomic E-state index is 0.0777. The first-order valence-electron chi connectivity index (χ1n) is 8.37. The first-order chi connectivity index (χ1) is 11.1. The molecule has 3 rings (SSSR count). The van der Waals surface area contributed by atoms with Gasteiger partial charge < -0.3 is 14.7 Å². The van der Waals surface area contributed by atoms with E-state index in [9.17, 15) is 9.90 Å². The summed E-state index contributed by atoms with van der Waals surface area (Å²) >= 11 is 0. The highest BCUT2D eigenvalue weighted by molar-refractivity contribution is 6.00. The molecule has 5 nitrogen and oxygen atoms in total. The Bertz CT molecular complexity index is 577. The molecular weight excluding hydrogens is 292 g/mol. The molecule has 0 radical (unpaired) electrons. The van der Waals surface area contributed by atoms with Crippen LogP contribution in [-0.4, -0.2) is 55.3 Å². The van der Waals surface area contributed by atoms with Crippen LogP contribution < -0.4 is 9.64 Å². The van der Waals surface area contributed by atoms with Crippen molar-refractivity contribution in [3.8, 4) is 5.75 Å². The molecule has 0 spiro atoms. The number of nitrogens with zero attached hydrogens (tertiary/aromatic N) is 2. The van der Waals surface area contributed by atoms with E-state index in [0.717, 1.165) is 50.3 Å². The number of rotatable bonds is 4. The minimum Gasteiger partial charge on any atom is -0.495 e. The van der Waals surface area contributed by atoms with E-state index in [-0.39, 0.29) is 24.0 Å². The van der Waals surface area contributed by atoms with Crippen LogP contribution in [0.2, 0.25) is 0 Å². The maximum atomic E-state index is 12.9. The highest BCUT2D eigenvalue weighted by atomic mass is 16.5. The van der Waals surface area contributed by atoms with Gasteiger partial charge in [0.15, 0.2) is 0 Å². The monoisotopic (exact) mass is 318 g/mol. The van der Waals surface area contributed by atoms with E-state index in [1.54, 1.807) is 7.11 Å². The Labute approximate surface area is 137 Å². The molecule has 5 heteroatoms. The molecule has 2 saturated heterocycles. The molecule has 0 aromatic heterocycles. The molecule has 2 aliphatic rings. The van der Waals surface area contributed by atoms with Crippen molar-refractivity contribution < 1.29 is 14.6 Å². The molecule has 1 amide bonds. The zero-order valence-electron chi connectivity index (χ0n) is 14.0. The van der Waals surface area contributed by atoms with Gasteiger partial charge in [-0.3, -0.25) is 9.69 Å². The van der Waals surface area contributed by atoms with Crippen LogP contribution >= 0.6 is 0 Å². The third-order valence-corrected chi connectivity index (χ3v) is 5.19. The zero-order valence-corrected chi connectivity index (χ0v) is 14.0. The molecule has 1 aromatic carbocycles. The summed E-state index contributed by atoms with van der Waals surface area (Å²) in [5.41, 5.74) is 0.764. The molecule has 0 aliphatic carbocycles. The van der Waals surface area contributed by atoms with Crippen molar-refractivity contribution in [3.63, 3.8) is 0 Å². The van der Waals surface area contributed by atoms with Gasteiger partial charge in [-0.05, 0) is 37.9 Å². The Morgan fingerprint density at radius 3 is 2.87 bits per heavy atom. The van der Waals surface area contributed by atoms with Crippen molar-refractivity contribution in [2.75, 3.05) is 38.3 Å². The Kier molecular flexibility index (Phi) is 4.60. The van der Waals surface area contributed by atoms with E-state index < -0.39 is 0 Å². The second kappa shape index (κ2) is 6.49. The van der Waals surface area contributed by atoms with Gasteiger partial charge in [0.2, 0.25) is 5.91 Å². The lowest BCUT2D eigenvalue weighted by molar-refractivity contribution is -0.123. The number of methoxy groups -OCH3 is 1. The summed E-state index contributed by atoms with van der Waals surface area (Å²) in [5, 5.41) is 9.64. The molecule has 0 saturated carbocycles. The fourth-order valence-electron chi connectivity index (χ4n) is 3.85. The van der Waals surface area contributed by atoms with Crippen molar-refractivity contribution in [2.45, 2.75) is 32.2 Å². The number of likely N-dealkylation sites (tertiary alicyclic amines) is 1. The number of para-hydroxylation sites is 2. The number of anilines is 1. The number of benzene rings is 1. The van der Waals surface area contributed by atoms with E-state index in [2.05, 4.69) is 11.8 Å². The third kappa shape index (κ3) is 3.08. The number of aliphatic hydroxyl groups excluding tert-OH is 1. The molecule has 2 fully saturated rings. The van der Waals surface area contributed by atoms with Crippen LogP contribution in [0.15, 0.2) is 24.3 Å². The van der Waals surface area contributed by atoms with Crippen LogP contribution in [0.25, 0.3) is 0 Å². The molecule has 2 heterocycles. The lowest BCUT2D eigenvalue weighted by Gasteiger charge is -2.41. The summed E-state index contributed by atoms with van der Waals surface area (Å²) in [6.45, 7) is 4.73. The van der Waals surface area contributed by atoms with Crippen LogP contribution in [0.4, 0.5) is 5.69 Å². The van der Waals surface area contributed by atoms with E-state index in [1.165, 1.54) is 0 Å². The first kappa shape index (κ1) is 16.3. The first-order valence-corrected chi connectivity index (χ1v) is 8.37. The number of aliphatic hydroxyl groups is 1. The molecule has 2 unspecified atom stereocenters. The molecular formula is C18H26N2O3. The van der Waals surface area contributed by atoms with Gasteiger partial charge in [-0.2, -0.15) is 0 Å². The molecule has 126 valence electrons. The predicted octanol–water partition coefficient (Wildman–Crippen LogP) is 1.89. The van der Waals surface area contributed by atoms with Crippen LogP contribution in [0.1, 0.15) is 26.2 Å². The Morgan fingerprint density at radius 1 is 1.35 bits per heavy atom. The fourth-order valence-corrected chi connectivity index (χ4v) is 3.85. The molecule has 2 aliphatic heterocycles. The average molecular weight is 318 g/mol. The summed E-state index contributed by atoms with van der Waals surface area (Å²) < 4.78 is 5.40. The normalized spacial score (nSPS) is 29.1. The molecule has 1 N–H and O–H groups in total. The van der Waals surface area contributed by atoms with Gasteiger partial charge in [-0.15, -0.1) is 0 Å². The summed E-state index contributed by atoms with van der Waals surface area (Å²) in [6.07, 6.45) is 2.89. The summed E-state index contributed by atoms with van der Waals surface area (Å²) in [5.74, 6) is 0.886. The lowest BCUT2D eigenvalue weighted by atomic mass is 9.82. The van der Waals surface area contributed by atoms with Crippen molar-refractivity contribution in [3.05, 3.63) is 24.3 Å². The Balaban J connectivity index is 1.76. The number of piperidine rings is 1. The Morgan fingerprint density at radius 2 is 2.13 bits per heavy atom. The number of carbonyl (C=O) groups excluding carboxylic acids is 1. The van der Waals surface area contributed by atoms with Crippen molar-refractivity contribution >= 4 is 11.6 Å². The molecule has 0 bridgehead atoms. The van der Waals surface area contributed by atoms with Gasteiger partial charge in [-0.25, -0.2) is 0 Å². The number of hydrogen-bond acceptors (Lipinski definition) is 4. The zero-order chi connectivity index (χ0) is 16.4. The van der Waals surface area contributed by atoms with E-state index in [1.807, 2.05) is 29.2 Å². The highest BCUT2D eigenvalue weighted by Crippen LogP contribution is 2.35. The second-order valence-electron chi connectivity index (χ2n) is 7.01. The van der Waals surface area contributed by atoms with Gasteiger partial charge in [-0.1, -0.05) is 19.1 Å². The quantitative estimate of drug-likeness (QED) is 0.921. The largest absolute Gasteiger partial charge is 0.495 e. The standard InChI is InChI=1S/C18H26N2O3/c1-18(13-21)9-5-10-19(12-18)15-8-11-20(17(15)22)14-6-3-4-7-16(14)23-2/h3-4,6-7,15,21H,5,8-13H2,1-2H3. The van der Waals surface area contributed by atoms with Crippen LogP contribution in [0.3, 0.4) is 0 Å². The van der Waals surface area contributed by atoms with E-state index in [0.29, 0.717) is 0 Å². The van der Waals surface area contributed by atoms with Gasteiger partial charge in [0.05, 0.1) is 18.8 Å². The van der Waals surface area contributed by atoms with Crippen molar-refractivity contribution in [1.29, 1.82) is 0 Å². The van der Waals surface area contributed by atoms with Crippen LogP contribution in [-0.2, 0) is 4.79 Å². The van der Waals surface area contributed by atoms with Gasteiger partial charge in [0.25, 0.3) is 0 Å². The molecule has 2 atom stereocenters. The third-order valence-electron chi connectivity index (χ3n) is 5.19. The van der Waals surface area contributed by atoms with Gasteiger partial charge in [0.1, 0.15) is 5.75 Å². The van der Waals surface area contributed by atoms with E-state index >= 15 is 0 Å². The maximum absolute atomic E-state index is 12.9. The Hall–Kier alpha value is -1.59. The number of hydrogen-bond donors (Lipinski definition) is 1. The second-order valence-corrected chi connectivity index (χ2v) is 7.01. The fraction of sp³-hybridized carbons (Fsp3) is 0.611. The number of carbonyl (C=O) groups is 1. The van der Waals surface area contributed by atoms with Crippen molar-refractivity contribution in [1.82, 2.24) is 4.90 Å². The van der Waals surface area contributed by atoms with Gasteiger partial charge in [0, 0.05) is 25.1 Å². The molecule has 23 heavy (non-hydrogen) atoms. The number of ether oxygens (including phenoxy) is 1. The SMILES string of the molecule is COc1ccccc1N1CCC(N2CCCC(C)(CO)C2)C1=O. The lowest BCUT2D eigenvalue weighted by Crippen LogP contribution is -2.51. The maximum Gasteiger partial charge on any atom is 0.244 e. The summed E-state index contributed by atoms with van der Waals surface area (Å²) in [4.78, 5) is 17.0.